The maximum Gasteiger partial charge on any atom is 3.00 e. The van der Waals surface area contributed by atoms with Crippen molar-refractivity contribution in [3.8, 4) is 11.5 Å². The van der Waals surface area contributed by atoms with E-state index in [2.05, 4.69) is 38.0 Å². The van der Waals surface area contributed by atoms with E-state index in [9.17, 15) is 61.7 Å². The van der Waals surface area contributed by atoms with E-state index in [1.54, 1.807) is 36.4 Å². The monoisotopic (exact) mass is 1050 g/mol. The van der Waals surface area contributed by atoms with Crippen molar-refractivity contribution in [2.24, 2.45) is 31.5 Å². The molecule has 5 aromatic rings. The van der Waals surface area contributed by atoms with E-state index in [1.165, 1.54) is 12.1 Å². The zero-order chi connectivity index (χ0) is 47.4. The predicted octanol–water partition coefficient (Wildman–Crippen LogP) is 0.807. The molecule has 0 fully saturated rings. The van der Waals surface area contributed by atoms with Crippen molar-refractivity contribution in [2.75, 3.05) is 6.54 Å². The van der Waals surface area contributed by atoms with Gasteiger partial charge in [0.25, 0.3) is 11.4 Å². The number of carbonyl (C=O) groups is 1. The van der Waals surface area contributed by atoms with Gasteiger partial charge in [-0.3, -0.25) is 25.0 Å². The molecule has 22 nitrogen and oxygen atoms in total. The molecule has 0 aromatic heterocycles. The Labute approximate surface area is 480 Å². The number of rotatable bonds is 18. The number of unbranched alkanes of at least 4 members (excludes halogenated alkanes) is 1. The van der Waals surface area contributed by atoms with Crippen LogP contribution in [-0.4, -0.2) is 43.6 Å². The smallest absolute Gasteiger partial charge is 0.871 e. The van der Waals surface area contributed by atoms with Crippen LogP contribution < -0.4 is 129 Å². The Hall–Kier alpha value is -3.63. The number of primary sulfonamides is 1. The second kappa shape index (κ2) is 28.1. The molecule has 3 N–H and O–H groups in total. The number of carbonyl (C=O) groups excluding carboxylic acids is 1. The van der Waals surface area contributed by atoms with Gasteiger partial charge < -0.3 is 30.5 Å². The van der Waals surface area contributed by atoms with Crippen LogP contribution in [0, 0.1) is 26.1 Å². The first-order valence-corrected chi connectivity index (χ1v) is 21.9. The van der Waals surface area contributed by atoms with Crippen molar-refractivity contribution in [2.45, 2.75) is 56.2 Å². The Balaban J connectivity index is 0.000000662. The van der Waals surface area contributed by atoms with Crippen LogP contribution >= 0.6 is 0 Å². The molecule has 1 atom stereocenters. The summed E-state index contributed by atoms with van der Waals surface area (Å²) in [7, 11) is -8.68. The molecule has 344 valence electrons. The number of hydrogen-bond donors (Lipinski definition) is 2. The standard InChI is InChI=1S/C22H14N5O8S.C18H28N4O5S.Co.2K/c28-22-19(11-15(26(29)30)12-20(22)27(31)32)24-25-21-17-4-2-1-3-13(17)5-10-18(21)23-14-6-8-16(9-7-14)36(33,34)35;1-4-6-7-13(5-2)11-20-18(25)17(12(3)23)22-21-15-10-14(28(19,26)27)8-9-16(15)24;;;/h1-12H,(H2-,23,24,25,28,33,34,35);8-10,13,20,24-25H,4-7,11H2,1-3H3,(H2,19,26,27);;;/q-1;;+3;2*+1/p-4/b;18-17-,22-21?;;;. The largest absolute Gasteiger partial charge is 3.00 e. The third kappa shape index (κ3) is 18.0. The average molecular weight is 1050 g/mol. The number of nitrogens with zero attached hydrogens (tertiary/aromatic N) is 7. The number of nitrogens with one attached hydrogen (secondary N) is 1. The SMILES string of the molecule is CCCCC(CC)CN/C([O-])=C(/N=Nc1cc(S(N)(=O)=O)ccc1[O-])C(C)=O.O=[N+]([O-])c1cc(N=Nc2c([N-]c3ccc(S(=O)(=O)[O-])cc3)ccc3ccccc23)c([O-])c([N+](=O)[O-])c1.[Co+3].[K+].[K+]. The third-order valence-electron chi connectivity index (χ3n) is 9.11. The van der Waals surface area contributed by atoms with Crippen molar-refractivity contribution >= 4 is 76.5 Å². The Bertz CT molecular complexity index is 2890. The molecular weight excluding hydrogens is 1020 g/mol. The molecule has 67 heavy (non-hydrogen) atoms. The Morgan fingerprint density at radius 2 is 1.48 bits per heavy atom. The molecule has 27 heteroatoms. The van der Waals surface area contributed by atoms with Crippen LogP contribution in [0.2, 0.25) is 0 Å². The second-order valence-corrected chi connectivity index (χ2v) is 16.6. The van der Waals surface area contributed by atoms with Gasteiger partial charge in [0.1, 0.15) is 15.8 Å². The minimum atomic E-state index is -4.64. The number of ketones is 1. The third-order valence-corrected chi connectivity index (χ3v) is 10.9. The normalized spacial score (nSPS) is 12.1. The first-order valence-electron chi connectivity index (χ1n) is 18.9. The zero-order valence-corrected chi connectivity index (χ0v) is 45.4. The number of nitro groups is 2. The summed E-state index contributed by atoms with van der Waals surface area (Å²) in [5, 5.41) is 87.3. The quantitative estimate of drug-likeness (QED) is 0.0233. The molecule has 0 radical (unpaired) electrons. The van der Waals surface area contributed by atoms with Crippen molar-refractivity contribution in [3.63, 3.8) is 0 Å². The average Bonchev–Trinajstić information content (AvgIpc) is 3.23. The molecule has 0 bridgehead atoms. The van der Waals surface area contributed by atoms with Crippen LogP contribution in [0.25, 0.3) is 16.1 Å². The first-order chi connectivity index (χ1) is 30.1. The molecule has 0 aliphatic rings. The number of allylic oxidation sites excluding steroid dienone is 1. The summed E-state index contributed by atoms with van der Waals surface area (Å²) in [4.78, 5) is 31.4. The summed E-state index contributed by atoms with van der Waals surface area (Å²) in [6.07, 6.45) is 3.95. The van der Waals surface area contributed by atoms with Crippen LogP contribution in [0.5, 0.6) is 11.5 Å². The molecule has 1 unspecified atom stereocenters. The first kappa shape index (κ1) is 61.4. The zero-order valence-electron chi connectivity index (χ0n) is 36.4. The number of azo groups is 2. The maximum atomic E-state index is 12.4. The summed E-state index contributed by atoms with van der Waals surface area (Å²) in [6, 6.07) is 19.3. The molecule has 5 rings (SSSR count). The van der Waals surface area contributed by atoms with Gasteiger partial charge in [-0.05, 0) is 47.9 Å². The number of fused-ring (bicyclic) bond motifs is 1. The molecule has 5 aromatic carbocycles. The minimum Gasteiger partial charge on any atom is -0.871 e. The number of non-ortho nitro benzene ring substituents is 1. The Morgan fingerprint density at radius 1 is 0.836 bits per heavy atom. The van der Waals surface area contributed by atoms with Crippen LogP contribution in [0.4, 0.5) is 39.8 Å². The Morgan fingerprint density at radius 3 is 2.04 bits per heavy atom. The fraction of sp³-hybridized carbons (Fsp3) is 0.225. The van der Waals surface area contributed by atoms with Gasteiger partial charge in [0.05, 0.1) is 42.8 Å². The van der Waals surface area contributed by atoms with Gasteiger partial charge in [0.15, 0.2) is 5.78 Å². The topological polar surface area (TPSA) is 365 Å². The van der Waals surface area contributed by atoms with Crippen molar-refractivity contribution in [3.05, 3.63) is 128 Å². The number of sulfonamides is 1. The molecule has 0 aliphatic heterocycles. The molecular formula is C40H38CoK2N9O13S2. The van der Waals surface area contributed by atoms with Crippen LogP contribution in [-0.2, 0) is 41.7 Å². The predicted molar refractivity (Wildman–Crippen MR) is 225 cm³/mol. The van der Waals surface area contributed by atoms with E-state index in [0.717, 1.165) is 69.0 Å². The van der Waals surface area contributed by atoms with E-state index < -0.39 is 80.8 Å². The van der Waals surface area contributed by atoms with Crippen molar-refractivity contribution in [1.29, 1.82) is 0 Å². The molecule has 0 saturated heterocycles. The number of Topliss-reactive ketones (excluding diaryl/α,β-unsaturated/α-hetero) is 1. The van der Waals surface area contributed by atoms with Gasteiger partial charge in [-0.2, -0.15) is 15.3 Å². The molecule has 0 heterocycles. The fourth-order valence-corrected chi connectivity index (χ4v) is 6.67. The molecule has 0 amide bonds. The number of nitro benzene ring substituents is 2. The van der Waals surface area contributed by atoms with Gasteiger partial charge in [-0.1, -0.05) is 93.5 Å². The van der Waals surface area contributed by atoms with E-state index in [-0.39, 0.29) is 153 Å². The van der Waals surface area contributed by atoms with E-state index in [4.69, 9.17) is 5.14 Å². The summed E-state index contributed by atoms with van der Waals surface area (Å²) >= 11 is 0. The number of benzene rings is 5. The molecule has 0 saturated carbocycles. The minimum absolute atomic E-state index is 0. The van der Waals surface area contributed by atoms with E-state index in [1.807, 2.05) is 6.92 Å². The summed E-state index contributed by atoms with van der Waals surface area (Å²) in [5.41, 5.74) is -2.51. The van der Waals surface area contributed by atoms with Crippen LogP contribution in [0.15, 0.2) is 133 Å². The number of hydrogen-bond acceptors (Lipinski definition) is 18. The van der Waals surface area contributed by atoms with E-state index in [0.29, 0.717) is 23.4 Å². The van der Waals surface area contributed by atoms with Gasteiger partial charge >= 0.3 is 120 Å². The van der Waals surface area contributed by atoms with Crippen LogP contribution in [0.1, 0.15) is 46.5 Å². The van der Waals surface area contributed by atoms with Gasteiger partial charge in [0, 0.05) is 30.7 Å². The number of nitrogens with two attached hydrogens (primary N) is 1. The molecule has 0 aliphatic carbocycles. The summed E-state index contributed by atoms with van der Waals surface area (Å²) in [6.45, 7) is 5.66. The molecule has 0 spiro atoms. The van der Waals surface area contributed by atoms with Gasteiger partial charge in [-0.15, -0.1) is 16.5 Å². The van der Waals surface area contributed by atoms with Gasteiger partial charge in [0.2, 0.25) is 10.0 Å². The van der Waals surface area contributed by atoms with E-state index >= 15 is 0 Å². The van der Waals surface area contributed by atoms with Crippen LogP contribution in [0.3, 0.4) is 0 Å². The van der Waals surface area contributed by atoms with Crippen molar-refractivity contribution < 1.29 is 171 Å². The second-order valence-electron chi connectivity index (χ2n) is 13.6. The summed E-state index contributed by atoms with van der Waals surface area (Å²) < 4.78 is 56.2. The Kier molecular flexibility index (Phi) is 25.8. The maximum absolute atomic E-state index is 12.4. The van der Waals surface area contributed by atoms with Crippen molar-refractivity contribution in [1.82, 2.24) is 5.32 Å². The summed E-state index contributed by atoms with van der Waals surface area (Å²) in [5.74, 6) is -2.81. The fourth-order valence-electron chi connectivity index (χ4n) is 5.66. The van der Waals surface area contributed by atoms with Gasteiger partial charge in [-0.25, -0.2) is 22.0 Å².